The van der Waals surface area contributed by atoms with Gasteiger partial charge in [-0.15, -0.1) is 0 Å². The van der Waals surface area contributed by atoms with Gasteiger partial charge in [0.25, 0.3) is 0 Å². The number of rotatable bonds is 6. The van der Waals surface area contributed by atoms with E-state index in [-0.39, 0.29) is 32.9 Å². The van der Waals surface area contributed by atoms with Crippen molar-refractivity contribution in [1.29, 1.82) is 0 Å². The fourth-order valence-electron chi connectivity index (χ4n) is 4.74. The first kappa shape index (κ1) is 26.4. The maximum Gasteiger partial charge on any atom is 0.000593 e. The molecular formula is C22H44FeP2. The summed E-state index contributed by atoms with van der Waals surface area (Å²) >= 11 is 0. The third-order valence-electron chi connectivity index (χ3n) is 5.32. The minimum absolute atomic E-state index is 0. The first-order chi connectivity index (χ1) is 11.3. The van der Waals surface area contributed by atoms with Crippen LogP contribution in [0.2, 0.25) is 0 Å². The van der Waals surface area contributed by atoms with Crippen LogP contribution in [0.3, 0.4) is 0 Å². The molecular weight excluding hydrogens is 382 g/mol. The molecule has 0 saturated heterocycles. The second-order valence-electron chi connectivity index (χ2n) is 8.74. The Labute approximate surface area is 173 Å². The summed E-state index contributed by atoms with van der Waals surface area (Å²) in [6.07, 6.45) is 11.6. The van der Waals surface area contributed by atoms with Crippen molar-refractivity contribution in [3.8, 4) is 0 Å². The van der Waals surface area contributed by atoms with Crippen LogP contribution in [0.5, 0.6) is 0 Å². The molecule has 2 aliphatic carbocycles. The van der Waals surface area contributed by atoms with Gasteiger partial charge in [-0.2, -0.15) is 0 Å². The van der Waals surface area contributed by atoms with Crippen LogP contribution >= 0.6 is 15.8 Å². The molecule has 0 aromatic heterocycles. The van der Waals surface area contributed by atoms with Gasteiger partial charge < -0.3 is 0 Å². The van der Waals surface area contributed by atoms with Crippen LogP contribution in [0.4, 0.5) is 0 Å². The summed E-state index contributed by atoms with van der Waals surface area (Å²) in [4.78, 5) is 0. The predicted molar refractivity (Wildman–Crippen MR) is 118 cm³/mol. The molecule has 2 fully saturated rings. The Hall–Kier alpha value is 1.38. The van der Waals surface area contributed by atoms with Crippen molar-refractivity contribution in [2.75, 3.05) is 0 Å². The number of hydrogen-bond donors (Lipinski definition) is 0. The third kappa shape index (κ3) is 8.95. The van der Waals surface area contributed by atoms with Crippen LogP contribution in [-0.2, 0) is 17.1 Å². The first-order valence-corrected chi connectivity index (χ1v) is 13.5. The van der Waals surface area contributed by atoms with E-state index in [9.17, 15) is 0 Å². The molecule has 0 bridgehead atoms. The zero-order valence-corrected chi connectivity index (χ0v) is 21.1. The average molecular weight is 426 g/mol. The zero-order chi connectivity index (χ0) is 18.3. The van der Waals surface area contributed by atoms with E-state index in [1.165, 1.54) is 51.4 Å². The van der Waals surface area contributed by atoms with Crippen LogP contribution in [0.1, 0.15) is 107 Å². The molecule has 2 radical (unpaired) electrons. The molecule has 25 heavy (non-hydrogen) atoms. The van der Waals surface area contributed by atoms with Crippen molar-refractivity contribution in [3.63, 3.8) is 0 Å². The minimum Gasteiger partial charge on any atom is -0.0942 e. The number of hydrogen-bond acceptors (Lipinski definition) is 0. The summed E-state index contributed by atoms with van der Waals surface area (Å²) in [7, 11) is 0.474. The van der Waals surface area contributed by atoms with E-state index in [1.54, 1.807) is 0 Å². The van der Waals surface area contributed by atoms with Crippen LogP contribution in [0.25, 0.3) is 0 Å². The molecule has 0 aromatic carbocycles. The summed E-state index contributed by atoms with van der Waals surface area (Å²) in [5.41, 5.74) is 7.49. The van der Waals surface area contributed by atoms with Crippen molar-refractivity contribution in [3.05, 3.63) is 11.3 Å². The van der Waals surface area contributed by atoms with Gasteiger partial charge in [-0.05, 0) is 48.3 Å². The summed E-state index contributed by atoms with van der Waals surface area (Å²) in [5, 5.41) is 0. The van der Waals surface area contributed by atoms with Crippen LogP contribution in [-0.4, -0.2) is 22.6 Å². The molecule has 2 rings (SSSR count). The molecule has 150 valence electrons. The van der Waals surface area contributed by atoms with Gasteiger partial charge in [0.15, 0.2) is 0 Å². The normalized spacial score (nSPS) is 19.4. The first-order valence-electron chi connectivity index (χ1n) is 10.5. The Balaban J connectivity index is 0.000000443. The van der Waals surface area contributed by atoms with Crippen molar-refractivity contribution >= 4 is 15.8 Å². The van der Waals surface area contributed by atoms with Gasteiger partial charge in [0, 0.05) is 28.4 Å². The Bertz CT molecular complexity index is 268. The van der Waals surface area contributed by atoms with Gasteiger partial charge in [0.2, 0.25) is 0 Å². The van der Waals surface area contributed by atoms with Gasteiger partial charge >= 0.3 is 0 Å². The topological polar surface area (TPSA) is 0 Å². The van der Waals surface area contributed by atoms with E-state index < -0.39 is 0 Å². The summed E-state index contributed by atoms with van der Waals surface area (Å²) in [5.74, 6) is 0. The Kier molecular flexibility index (Phi) is 14.3. The van der Waals surface area contributed by atoms with E-state index in [1.807, 2.05) is 11.3 Å². The molecule has 2 aliphatic rings. The van der Waals surface area contributed by atoms with Gasteiger partial charge in [-0.3, -0.25) is 0 Å². The van der Waals surface area contributed by atoms with Crippen LogP contribution < -0.4 is 0 Å². The minimum atomic E-state index is 0. The molecule has 0 atom stereocenters. The molecule has 0 heterocycles. The Morgan fingerprint density at radius 3 is 0.840 bits per heavy atom. The second-order valence-corrected chi connectivity index (χ2v) is 15.8. The van der Waals surface area contributed by atoms with Gasteiger partial charge in [0.05, 0.1) is 0 Å². The Morgan fingerprint density at radius 2 is 0.680 bits per heavy atom. The fourth-order valence-corrected chi connectivity index (χ4v) is 11.7. The van der Waals surface area contributed by atoms with Gasteiger partial charge in [0.1, 0.15) is 0 Å². The van der Waals surface area contributed by atoms with Crippen molar-refractivity contribution in [2.45, 2.75) is 129 Å². The molecule has 0 aromatic rings. The molecule has 0 unspecified atom stereocenters. The van der Waals surface area contributed by atoms with Crippen LogP contribution in [0, 0.1) is 11.3 Å². The summed E-state index contributed by atoms with van der Waals surface area (Å²) in [6.45, 7) is 19.2. The monoisotopic (exact) mass is 426 g/mol. The Morgan fingerprint density at radius 1 is 0.480 bits per heavy atom. The van der Waals surface area contributed by atoms with E-state index in [2.05, 4.69) is 55.4 Å². The van der Waals surface area contributed by atoms with E-state index >= 15 is 0 Å². The summed E-state index contributed by atoms with van der Waals surface area (Å²) in [6, 6.07) is 0. The molecule has 0 amide bonds. The van der Waals surface area contributed by atoms with Crippen LogP contribution in [0.15, 0.2) is 0 Å². The quantitative estimate of drug-likeness (QED) is 0.294. The van der Waals surface area contributed by atoms with Crippen molar-refractivity contribution in [2.24, 2.45) is 0 Å². The maximum atomic E-state index is 2.40. The molecule has 0 N–H and O–H groups in total. The standard InChI is InChI=1S/2C11H22P.Fe/c2*1-9(2)12(10(3)4)11-7-5-6-8-11;/h2*9-10H,5-8H2,1-4H3;. The largest absolute Gasteiger partial charge is 0.0942 e. The molecule has 0 nitrogen and oxygen atoms in total. The zero-order valence-electron chi connectivity index (χ0n) is 18.2. The SMILES string of the molecule is CC(C)P([C]1CCCC1)C(C)C.CC(C)P([C]1CCCC1)C(C)C.[Fe]. The third-order valence-corrected chi connectivity index (χ3v) is 12.1. The second kappa shape index (κ2) is 13.5. The van der Waals surface area contributed by atoms with E-state index in [4.69, 9.17) is 0 Å². The van der Waals surface area contributed by atoms with E-state index in [0.29, 0.717) is 0 Å². The van der Waals surface area contributed by atoms with Crippen molar-refractivity contribution in [1.82, 2.24) is 0 Å². The predicted octanol–water partition coefficient (Wildman–Crippen LogP) is 8.78. The average Bonchev–Trinajstić information content (AvgIpc) is 3.11. The molecule has 2 saturated carbocycles. The van der Waals surface area contributed by atoms with Gasteiger partial charge in [-0.25, -0.2) is 0 Å². The van der Waals surface area contributed by atoms with E-state index in [0.717, 1.165) is 22.6 Å². The fraction of sp³-hybridized carbons (Fsp3) is 0.909. The molecule has 3 heteroatoms. The van der Waals surface area contributed by atoms with Crippen molar-refractivity contribution < 1.29 is 17.1 Å². The smallest absolute Gasteiger partial charge is 0.000593 e. The summed E-state index contributed by atoms with van der Waals surface area (Å²) < 4.78 is 0. The molecule has 0 spiro atoms. The maximum absolute atomic E-state index is 2.40. The van der Waals surface area contributed by atoms with Gasteiger partial charge in [-0.1, -0.05) is 96.9 Å². The molecule has 0 aliphatic heterocycles.